The molecule has 0 aromatic carbocycles. The van der Waals surface area contributed by atoms with E-state index in [2.05, 4.69) is 16.0 Å². The van der Waals surface area contributed by atoms with Crippen molar-refractivity contribution in [2.45, 2.75) is 110 Å². The van der Waals surface area contributed by atoms with Crippen molar-refractivity contribution in [3.05, 3.63) is 0 Å². The van der Waals surface area contributed by atoms with Gasteiger partial charge >= 0.3 is 0 Å². The highest BCUT2D eigenvalue weighted by Crippen LogP contribution is 2.07. The SMILES string of the molecule is CC(=O)CCCCCNC(=O)CCC(NC(C)(C)C)C(=O)NCCCCCC(C)=O. The van der Waals surface area contributed by atoms with Gasteiger partial charge in [0.2, 0.25) is 11.8 Å². The van der Waals surface area contributed by atoms with Crippen molar-refractivity contribution in [3.8, 4) is 0 Å². The monoisotopic (exact) mass is 425 g/mol. The molecule has 0 spiro atoms. The van der Waals surface area contributed by atoms with Gasteiger partial charge in [-0.1, -0.05) is 12.8 Å². The molecule has 2 amide bonds. The van der Waals surface area contributed by atoms with Crippen LogP contribution in [0.25, 0.3) is 0 Å². The Morgan fingerprint density at radius 2 is 1.20 bits per heavy atom. The minimum atomic E-state index is -0.427. The summed E-state index contributed by atoms with van der Waals surface area (Å²) in [5.74, 6) is 0.251. The van der Waals surface area contributed by atoms with Gasteiger partial charge in [0, 0.05) is 37.9 Å². The molecule has 0 radical (unpaired) electrons. The van der Waals surface area contributed by atoms with Crippen molar-refractivity contribution in [1.29, 1.82) is 0 Å². The lowest BCUT2D eigenvalue weighted by Crippen LogP contribution is -2.52. The molecule has 0 saturated heterocycles. The third-order valence-corrected chi connectivity index (χ3v) is 4.62. The quantitative estimate of drug-likeness (QED) is 0.311. The van der Waals surface area contributed by atoms with E-state index in [9.17, 15) is 19.2 Å². The Morgan fingerprint density at radius 1 is 0.700 bits per heavy atom. The number of nitrogens with one attached hydrogen (secondary N) is 3. The fourth-order valence-electron chi connectivity index (χ4n) is 3.07. The molecule has 30 heavy (non-hydrogen) atoms. The predicted octanol–water partition coefficient (Wildman–Crippen LogP) is 3.05. The minimum absolute atomic E-state index is 0.0562. The van der Waals surface area contributed by atoms with Crippen molar-refractivity contribution < 1.29 is 19.2 Å². The second kappa shape index (κ2) is 16.0. The standard InChI is InChI=1S/C23H43N3O4/c1-18(27)12-8-6-10-16-24-21(29)15-14-20(26-23(3,4)5)22(30)25-17-11-7-9-13-19(2)28/h20,26H,6-17H2,1-5H3,(H,24,29)(H,25,30). The summed E-state index contributed by atoms with van der Waals surface area (Å²) in [4.78, 5) is 46.5. The van der Waals surface area contributed by atoms with Gasteiger partial charge in [0.15, 0.2) is 0 Å². The average Bonchev–Trinajstić information content (AvgIpc) is 2.62. The lowest BCUT2D eigenvalue weighted by molar-refractivity contribution is -0.125. The highest BCUT2D eigenvalue weighted by molar-refractivity contribution is 5.83. The van der Waals surface area contributed by atoms with Gasteiger partial charge in [0.1, 0.15) is 11.6 Å². The molecule has 174 valence electrons. The summed E-state index contributed by atoms with van der Waals surface area (Å²) in [5.41, 5.74) is -0.239. The summed E-state index contributed by atoms with van der Waals surface area (Å²) in [6, 6.07) is -0.427. The second-order valence-corrected chi connectivity index (χ2v) is 9.15. The van der Waals surface area contributed by atoms with E-state index in [0.717, 1.165) is 38.5 Å². The summed E-state index contributed by atoms with van der Waals surface area (Å²) in [5, 5.41) is 9.14. The Labute approximate surface area is 182 Å². The third kappa shape index (κ3) is 18.3. The lowest BCUT2D eigenvalue weighted by Gasteiger charge is -2.28. The first kappa shape index (κ1) is 28.2. The number of hydrogen-bond donors (Lipinski definition) is 3. The highest BCUT2D eigenvalue weighted by Gasteiger charge is 2.24. The third-order valence-electron chi connectivity index (χ3n) is 4.62. The van der Waals surface area contributed by atoms with E-state index in [1.165, 1.54) is 0 Å². The molecule has 0 bridgehead atoms. The number of rotatable bonds is 17. The van der Waals surface area contributed by atoms with Crippen LogP contribution in [0, 0.1) is 0 Å². The van der Waals surface area contributed by atoms with E-state index in [-0.39, 0.29) is 35.3 Å². The molecule has 1 atom stereocenters. The van der Waals surface area contributed by atoms with Crippen LogP contribution in [-0.4, -0.2) is 48.1 Å². The Kier molecular flexibility index (Phi) is 15.1. The van der Waals surface area contributed by atoms with Crippen LogP contribution in [-0.2, 0) is 19.2 Å². The molecule has 0 aromatic heterocycles. The summed E-state index contributed by atoms with van der Waals surface area (Å²) < 4.78 is 0. The summed E-state index contributed by atoms with van der Waals surface area (Å²) in [7, 11) is 0. The molecule has 0 aliphatic carbocycles. The number of Topliss-reactive ketones (excluding diaryl/α,β-unsaturated/α-hetero) is 2. The number of hydrogen-bond acceptors (Lipinski definition) is 5. The maximum Gasteiger partial charge on any atom is 0.237 e. The van der Waals surface area contributed by atoms with E-state index in [0.29, 0.717) is 32.4 Å². The number of ketones is 2. The van der Waals surface area contributed by atoms with Crippen LogP contribution in [0.5, 0.6) is 0 Å². The molecule has 3 N–H and O–H groups in total. The molecule has 0 aliphatic heterocycles. The van der Waals surface area contributed by atoms with Gasteiger partial charge in [-0.15, -0.1) is 0 Å². The number of unbranched alkanes of at least 4 members (excludes halogenated alkanes) is 4. The van der Waals surface area contributed by atoms with Crippen molar-refractivity contribution in [1.82, 2.24) is 16.0 Å². The van der Waals surface area contributed by atoms with Crippen molar-refractivity contribution in [2.75, 3.05) is 13.1 Å². The fourth-order valence-corrected chi connectivity index (χ4v) is 3.07. The maximum absolute atomic E-state index is 12.6. The topological polar surface area (TPSA) is 104 Å². The smallest absolute Gasteiger partial charge is 0.237 e. The lowest BCUT2D eigenvalue weighted by atomic mass is 10.0. The molecule has 1 unspecified atom stereocenters. The van der Waals surface area contributed by atoms with Gasteiger partial charge in [-0.25, -0.2) is 0 Å². The first-order chi connectivity index (χ1) is 14.0. The molecule has 0 aromatic rings. The van der Waals surface area contributed by atoms with Crippen LogP contribution < -0.4 is 16.0 Å². The van der Waals surface area contributed by atoms with E-state index in [1.54, 1.807) is 13.8 Å². The Bertz CT molecular complexity index is 541. The zero-order valence-corrected chi connectivity index (χ0v) is 19.7. The molecular weight excluding hydrogens is 382 g/mol. The number of carbonyl (C=O) groups excluding carboxylic acids is 4. The first-order valence-corrected chi connectivity index (χ1v) is 11.3. The van der Waals surface area contributed by atoms with Gasteiger partial charge in [0.05, 0.1) is 6.04 Å². The highest BCUT2D eigenvalue weighted by atomic mass is 16.2. The number of carbonyl (C=O) groups is 4. The average molecular weight is 426 g/mol. The van der Waals surface area contributed by atoms with Gasteiger partial charge in [0.25, 0.3) is 0 Å². The summed E-state index contributed by atoms with van der Waals surface area (Å²) in [6.07, 6.45) is 7.14. The van der Waals surface area contributed by atoms with Crippen molar-refractivity contribution in [2.24, 2.45) is 0 Å². The first-order valence-electron chi connectivity index (χ1n) is 11.3. The zero-order chi connectivity index (χ0) is 23.0. The second-order valence-electron chi connectivity index (χ2n) is 9.15. The van der Waals surface area contributed by atoms with Crippen LogP contribution in [0.15, 0.2) is 0 Å². The van der Waals surface area contributed by atoms with E-state index < -0.39 is 6.04 Å². The van der Waals surface area contributed by atoms with Gasteiger partial charge in [-0.05, 0) is 66.7 Å². The van der Waals surface area contributed by atoms with E-state index in [1.807, 2.05) is 20.8 Å². The van der Waals surface area contributed by atoms with Crippen molar-refractivity contribution in [3.63, 3.8) is 0 Å². The molecule has 0 rings (SSSR count). The van der Waals surface area contributed by atoms with Gasteiger partial charge in [-0.2, -0.15) is 0 Å². The number of amides is 2. The summed E-state index contributed by atoms with van der Waals surface area (Å²) >= 11 is 0. The largest absolute Gasteiger partial charge is 0.356 e. The Balaban J connectivity index is 4.22. The minimum Gasteiger partial charge on any atom is -0.356 e. The normalized spacial score (nSPS) is 12.3. The molecule has 0 fully saturated rings. The molecular formula is C23H43N3O4. The van der Waals surface area contributed by atoms with Crippen LogP contribution in [0.1, 0.15) is 98.8 Å². The maximum atomic E-state index is 12.6. The van der Waals surface area contributed by atoms with Crippen LogP contribution in [0.2, 0.25) is 0 Å². The van der Waals surface area contributed by atoms with E-state index in [4.69, 9.17) is 0 Å². The van der Waals surface area contributed by atoms with E-state index >= 15 is 0 Å². The van der Waals surface area contributed by atoms with Crippen LogP contribution in [0.4, 0.5) is 0 Å². The molecule has 7 nitrogen and oxygen atoms in total. The molecule has 0 aliphatic rings. The fraction of sp³-hybridized carbons (Fsp3) is 0.826. The van der Waals surface area contributed by atoms with Crippen molar-refractivity contribution >= 4 is 23.4 Å². The van der Waals surface area contributed by atoms with Crippen LogP contribution >= 0.6 is 0 Å². The molecule has 0 saturated carbocycles. The molecule has 7 heteroatoms. The van der Waals surface area contributed by atoms with Crippen LogP contribution in [0.3, 0.4) is 0 Å². The zero-order valence-electron chi connectivity index (χ0n) is 19.7. The predicted molar refractivity (Wildman–Crippen MR) is 120 cm³/mol. The molecule has 0 heterocycles. The van der Waals surface area contributed by atoms with Gasteiger partial charge < -0.3 is 25.5 Å². The summed E-state index contributed by atoms with van der Waals surface area (Å²) in [6.45, 7) is 10.3. The van der Waals surface area contributed by atoms with Gasteiger partial charge in [-0.3, -0.25) is 9.59 Å². The Hall–Kier alpha value is -1.76. The Morgan fingerprint density at radius 3 is 1.67 bits per heavy atom.